The summed E-state index contributed by atoms with van der Waals surface area (Å²) in [4.78, 5) is 17.1. The second-order valence-electron chi connectivity index (χ2n) is 6.53. The lowest BCUT2D eigenvalue weighted by Crippen LogP contribution is -2.35. The molecule has 24 heavy (non-hydrogen) atoms. The smallest absolute Gasteiger partial charge is 0.387 e. The van der Waals surface area contributed by atoms with Crippen molar-refractivity contribution in [3.8, 4) is 5.75 Å². The van der Waals surface area contributed by atoms with Crippen LogP contribution >= 0.6 is 0 Å². The van der Waals surface area contributed by atoms with Gasteiger partial charge < -0.3 is 14.5 Å². The molecule has 2 heterocycles. The lowest BCUT2D eigenvalue weighted by molar-refractivity contribution is -0.0499. The minimum atomic E-state index is -2.88. The van der Waals surface area contributed by atoms with Crippen LogP contribution in [0.3, 0.4) is 0 Å². The van der Waals surface area contributed by atoms with Gasteiger partial charge >= 0.3 is 6.61 Å². The number of amides is 1. The molecule has 2 fully saturated rings. The average Bonchev–Trinajstić information content (AvgIpc) is 2.99. The predicted octanol–water partition coefficient (Wildman–Crippen LogP) is 3.38. The van der Waals surface area contributed by atoms with Crippen LogP contribution in [-0.2, 0) is 0 Å². The molecule has 132 valence electrons. The van der Waals surface area contributed by atoms with Gasteiger partial charge in [0.2, 0.25) is 0 Å². The van der Waals surface area contributed by atoms with Gasteiger partial charge in [-0.2, -0.15) is 8.78 Å². The molecule has 1 aromatic rings. The number of alkyl halides is 2. The van der Waals surface area contributed by atoms with Gasteiger partial charge in [-0.05, 0) is 63.4 Å². The van der Waals surface area contributed by atoms with E-state index in [1.807, 2.05) is 4.90 Å². The van der Waals surface area contributed by atoms with E-state index < -0.39 is 6.61 Å². The van der Waals surface area contributed by atoms with Crippen molar-refractivity contribution < 1.29 is 18.3 Å². The van der Waals surface area contributed by atoms with Crippen molar-refractivity contribution in [1.82, 2.24) is 9.80 Å². The first-order chi connectivity index (χ1) is 11.6. The van der Waals surface area contributed by atoms with E-state index in [9.17, 15) is 13.6 Å². The molecule has 2 aliphatic rings. The topological polar surface area (TPSA) is 32.8 Å². The van der Waals surface area contributed by atoms with E-state index in [4.69, 9.17) is 0 Å². The zero-order chi connectivity index (χ0) is 16.9. The van der Waals surface area contributed by atoms with Crippen LogP contribution in [0.15, 0.2) is 24.3 Å². The highest BCUT2D eigenvalue weighted by Gasteiger charge is 2.26. The summed E-state index contributed by atoms with van der Waals surface area (Å²) in [6.45, 7) is 0.912. The molecule has 3 rings (SSSR count). The Morgan fingerprint density at radius 3 is 2.62 bits per heavy atom. The average molecular weight is 338 g/mol. The molecule has 0 aromatic heterocycles. The number of hydrogen-bond donors (Lipinski definition) is 0. The number of hydrogen-bond acceptors (Lipinski definition) is 3. The summed E-state index contributed by atoms with van der Waals surface area (Å²) in [5.74, 6) is -0.0718. The third-order valence-electron chi connectivity index (χ3n) is 4.95. The largest absolute Gasteiger partial charge is 0.435 e. The molecule has 0 aliphatic carbocycles. The van der Waals surface area contributed by atoms with Gasteiger partial charge in [-0.1, -0.05) is 6.07 Å². The second-order valence-corrected chi connectivity index (χ2v) is 6.53. The van der Waals surface area contributed by atoms with Crippen LogP contribution in [0.5, 0.6) is 5.75 Å². The Labute approximate surface area is 141 Å². The van der Waals surface area contributed by atoms with Crippen molar-refractivity contribution in [3.63, 3.8) is 0 Å². The zero-order valence-electron chi connectivity index (χ0n) is 13.8. The molecule has 1 aromatic carbocycles. The first-order valence-corrected chi connectivity index (χ1v) is 8.71. The van der Waals surface area contributed by atoms with Crippen LogP contribution in [0, 0.1) is 0 Å². The molecule has 2 saturated heterocycles. The number of halogens is 2. The minimum Gasteiger partial charge on any atom is -0.435 e. The second kappa shape index (κ2) is 7.92. The van der Waals surface area contributed by atoms with E-state index >= 15 is 0 Å². The summed E-state index contributed by atoms with van der Waals surface area (Å²) in [7, 11) is 0. The molecule has 1 unspecified atom stereocenters. The van der Waals surface area contributed by atoms with Crippen LogP contribution in [0.2, 0.25) is 0 Å². The fourth-order valence-corrected chi connectivity index (χ4v) is 3.74. The van der Waals surface area contributed by atoms with Crippen LogP contribution in [0.4, 0.5) is 8.78 Å². The van der Waals surface area contributed by atoms with E-state index in [0.717, 1.165) is 32.4 Å². The predicted molar refractivity (Wildman–Crippen MR) is 87.4 cm³/mol. The third-order valence-corrected chi connectivity index (χ3v) is 4.95. The maximum absolute atomic E-state index is 12.7. The van der Waals surface area contributed by atoms with E-state index in [1.54, 1.807) is 12.1 Å². The fourth-order valence-electron chi connectivity index (χ4n) is 3.74. The monoisotopic (exact) mass is 338 g/mol. The highest BCUT2D eigenvalue weighted by atomic mass is 19.3. The Balaban J connectivity index is 1.62. The van der Waals surface area contributed by atoms with Crippen LogP contribution < -0.4 is 4.74 Å². The Bertz CT molecular complexity index is 562. The third kappa shape index (κ3) is 4.23. The fraction of sp³-hybridized carbons (Fsp3) is 0.611. The molecule has 0 spiro atoms. The summed E-state index contributed by atoms with van der Waals surface area (Å²) < 4.78 is 29.1. The maximum Gasteiger partial charge on any atom is 0.387 e. The highest BCUT2D eigenvalue weighted by Crippen LogP contribution is 2.23. The van der Waals surface area contributed by atoms with E-state index in [1.165, 1.54) is 38.1 Å². The molecule has 1 atom stereocenters. The van der Waals surface area contributed by atoms with E-state index in [0.29, 0.717) is 11.6 Å². The van der Waals surface area contributed by atoms with Gasteiger partial charge in [-0.25, -0.2) is 0 Å². The van der Waals surface area contributed by atoms with Crippen molar-refractivity contribution in [1.29, 1.82) is 0 Å². The first-order valence-electron chi connectivity index (χ1n) is 8.71. The Kier molecular flexibility index (Phi) is 5.66. The molecule has 2 aliphatic heterocycles. The van der Waals surface area contributed by atoms with Gasteiger partial charge in [0.15, 0.2) is 0 Å². The molecule has 0 bridgehead atoms. The van der Waals surface area contributed by atoms with Gasteiger partial charge in [0.05, 0.1) is 0 Å². The lowest BCUT2D eigenvalue weighted by atomic mass is 10.1. The van der Waals surface area contributed by atoms with Gasteiger partial charge in [0, 0.05) is 24.7 Å². The first kappa shape index (κ1) is 17.1. The highest BCUT2D eigenvalue weighted by molar-refractivity contribution is 5.94. The van der Waals surface area contributed by atoms with Gasteiger partial charge in [0.25, 0.3) is 5.91 Å². The Morgan fingerprint density at radius 1 is 1.08 bits per heavy atom. The summed E-state index contributed by atoms with van der Waals surface area (Å²) >= 11 is 0. The standard InChI is InChI=1S/C18H24F2N2O2/c19-18(20)24-16-7-3-5-14(13-16)17(23)22-11-4-6-15(8-12-22)21-9-1-2-10-21/h3,5,7,13,15,18H,1-2,4,6,8-12H2. The molecule has 4 nitrogen and oxygen atoms in total. The molecule has 0 saturated carbocycles. The molecular weight excluding hydrogens is 314 g/mol. The summed E-state index contributed by atoms with van der Waals surface area (Å²) in [6.07, 6.45) is 5.64. The number of ether oxygens (including phenoxy) is 1. The van der Waals surface area contributed by atoms with Crippen molar-refractivity contribution >= 4 is 5.91 Å². The van der Waals surface area contributed by atoms with Crippen LogP contribution in [-0.4, -0.2) is 54.5 Å². The molecule has 0 radical (unpaired) electrons. The normalized spacial score (nSPS) is 22.6. The van der Waals surface area contributed by atoms with E-state index in [-0.39, 0.29) is 11.7 Å². The number of rotatable bonds is 4. The molecule has 1 amide bonds. The summed E-state index contributed by atoms with van der Waals surface area (Å²) in [6, 6.07) is 6.64. The zero-order valence-corrected chi connectivity index (χ0v) is 13.8. The number of carbonyl (C=O) groups is 1. The van der Waals surface area contributed by atoms with Crippen LogP contribution in [0.1, 0.15) is 42.5 Å². The quantitative estimate of drug-likeness (QED) is 0.844. The van der Waals surface area contributed by atoms with Crippen molar-refractivity contribution in [2.24, 2.45) is 0 Å². The van der Waals surface area contributed by atoms with Crippen molar-refractivity contribution in [3.05, 3.63) is 29.8 Å². The SMILES string of the molecule is O=C(c1cccc(OC(F)F)c1)N1CCCC(N2CCCC2)CC1. The number of benzene rings is 1. The number of nitrogens with zero attached hydrogens (tertiary/aromatic N) is 2. The molecule has 0 N–H and O–H groups in total. The lowest BCUT2D eigenvalue weighted by Gasteiger charge is -2.26. The van der Waals surface area contributed by atoms with E-state index in [2.05, 4.69) is 9.64 Å². The van der Waals surface area contributed by atoms with Crippen molar-refractivity contribution in [2.75, 3.05) is 26.2 Å². The molecule has 6 heteroatoms. The summed E-state index contributed by atoms with van der Waals surface area (Å²) in [5, 5.41) is 0. The Morgan fingerprint density at radius 2 is 1.88 bits per heavy atom. The number of carbonyl (C=O) groups excluding carboxylic acids is 1. The molecular formula is C18H24F2N2O2. The minimum absolute atomic E-state index is 0.0283. The van der Waals surface area contributed by atoms with Gasteiger partial charge in [-0.15, -0.1) is 0 Å². The van der Waals surface area contributed by atoms with Crippen molar-refractivity contribution in [2.45, 2.75) is 44.8 Å². The number of likely N-dealkylation sites (tertiary alicyclic amines) is 2. The maximum atomic E-state index is 12.7. The van der Waals surface area contributed by atoms with Gasteiger partial charge in [0.1, 0.15) is 5.75 Å². The summed E-state index contributed by atoms with van der Waals surface area (Å²) in [5.41, 5.74) is 0.410. The Hall–Kier alpha value is -1.69. The van der Waals surface area contributed by atoms with Gasteiger partial charge in [-0.3, -0.25) is 4.79 Å². The van der Waals surface area contributed by atoms with Crippen LogP contribution in [0.25, 0.3) is 0 Å².